The highest BCUT2D eigenvalue weighted by molar-refractivity contribution is 7.98. The zero-order valence-corrected chi connectivity index (χ0v) is 21.2. The van der Waals surface area contributed by atoms with Crippen molar-refractivity contribution in [2.24, 2.45) is 0 Å². The molecule has 0 bridgehead atoms. The number of nitrogens with one attached hydrogen (secondary N) is 1. The first kappa shape index (κ1) is 25.8. The molecule has 0 saturated carbocycles. The third-order valence-electron chi connectivity index (χ3n) is 6.20. The van der Waals surface area contributed by atoms with Crippen molar-refractivity contribution in [2.75, 3.05) is 42.7 Å². The van der Waals surface area contributed by atoms with Crippen LogP contribution in [-0.4, -0.2) is 53.3 Å². The number of carbonyl (C=O) groups is 1. The van der Waals surface area contributed by atoms with E-state index in [1.54, 1.807) is 22.7 Å². The Labute approximate surface area is 212 Å². The molecule has 1 saturated heterocycles. The number of piperazine rings is 1. The second kappa shape index (κ2) is 10.8. The molecule has 10 heteroatoms. The van der Waals surface area contributed by atoms with E-state index in [1.165, 1.54) is 6.07 Å². The normalized spacial score (nSPS) is 14.2. The Balaban J connectivity index is 1.50. The first-order valence-electron chi connectivity index (χ1n) is 11.7. The summed E-state index contributed by atoms with van der Waals surface area (Å²) in [5.41, 5.74) is 2.03. The Bertz CT molecular complexity index is 1230. The van der Waals surface area contributed by atoms with Crippen molar-refractivity contribution in [1.82, 2.24) is 14.9 Å². The highest BCUT2D eigenvalue weighted by Gasteiger charge is 2.31. The molecule has 6 nitrogen and oxygen atoms in total. The summed E-state index contributed by atoms with van der Waals surface area (Å²) >= 11 is 1.64. The van der Waals surface area contributed by atoms with E-state index in [1.807, 2.05) is 44.4 Å². The molecule has 3 aromatic rings. The molecule has 1 N–H and O–H groups in total. The maximum Gasteiger partial charge on any atom is 0.416 e. The molecule has 4 rings (SSSR count). The van der Waals surface area contributed by atoms with Crippen LogP contribution in [-0.2, 0) is 12.6 Å². The van der Waals surface area contributed by atoms with Crippen molar-refractivity contribution in [3.8, 4) is 11.4 Å². The summed E-state index contributed by atoms with van der Waals surface area (Å²) in [6, 6.07) is 12.6. The summed E-state index contributed by atoms with van der Waals surface area (Å²) in [4.78, 5) is 26.9. The molecule has 1 aliphatic rings. The van der Waals surface area contributed by atoms with Gasteiger partial charge in [0.2, 0.25) is 0 Å². The molecule has 2 heterocycles. The van der Waals surface area contributed by atoms with Gasteiger partial charge in [-0.2, -0.15) is 13.2 Å². The molecule has 1 fully saturated rings. The summed E-state index contributed by atoms with van der Waals surface area (Å²) in [7, 11) is 0. The summed E-state index contributed by atoms with van der Waals surface area (Å²) in [6.07, 6.45) is -1.75. The van der Waals surface area contributed by atoms with Crippen LogP contribution in [0.5, 0.6) is 0 Å². The van der Waals surface area contributed by atoms with Crippen LogP contribution in [0.4, 0.5) is 29.5 Å². The SMILES string of the molecule is CCc1c(C)nc(-c2cccc(C(F)(F)F)c2)nc1N1CCN(C(=O)Nc2ccc(SC)cc2)CC1. The fourth-order valence-corrected chi connectivity index (χ4v) is 4.63. The molecule has 36 heavy (non-hydrogen) atoms. The van der Waals surface area contributed by atoms with E-state index in [2.05, 4.69) is 15.2 Å². The predicted molar refractivity (Wildman–Crippen MR) is 138 cm³/mol. The number of hydrogen-bond acceptors (Lipinski definition) is 5. The zero-order chi connectivity index (χ0) is 25.9. The molecule has 0 spiro atoms. The number of hydrogen-bond donors (Lipinski definition) is 1. The van der Waals surface area contributed by atoms with Gasteiger partial charge in [-0.1, -0.05) is 19.1 Å². The van der Waals surface area contributed by atoms with Crippen LogP contribution >= 0.6 is 11.8 Å². The lowest BCUT2D eigenvalue weighted by molar-refractivity contribution is -0.137. The first-order chi connectivity index (χ1) is 17.2. The standard InChI is InChI=1S/C26H28F3N5OS/c1-4-22-17(2)30-23(18-6-5-7-19(16-18)26(27,28)29)32-24(22)33-12-14-34(15-13-33)25(35)31-20-8-10-21(36-3)11-9-20/h5-11,16H,4,12-15H2,1-3H3,(H,31,35). The van der Waals surface area contributed by atoms with Crippen molar-refractivity contribution in [1.29, 1.82) is 0 Å². The van der Waals surface area contributed by atoms with Crippen LogP contribution in [0.25, 0.3) is 11.4 Å². The van der Waals surface area contributed by atoms with Gasteiger partial charge in [-0.3, -0.25) is 0 Å². The van der Waals surface area contributed by atoms with Gasteiger partial charge in [0.1, 0.15) is 5.82 Å². The number of nitrogens with zero attached hydrogens (tertiary/aromatic N) is 4. The van der Waals surface area contributed by atoms with E-state index in [-0.39, 0.29) is 11.9 Å². The smallest absolute Gasteiger partial charge is 0.353 e. The van der Waals surface area contributed by atoms with Crippen molar-refractivity contribution < 1.29 is 18.0 Å². The van der Waals surface area contributed by atoms with Crippen LogP contribution in [0.2, 0.25) is 0 Å². The number of anilines is 2. The minimum absolute atomic E-state index is 0.161. The summed E-state index contributed by atoms with van der Waals surface area (Å²) in [6.45, 7) is 5.98. The number of aromatic nitrogens is 2. The molecule has 190 valence electrons. The highest BCUT2D eigenvalue weighted by atomic mass is 32.2. The second-order valence-corrected chi connectivity index (χ2v) is 9.38. The van der Waals surface area contributed by atoms with Crippen LogP contribution in [0.15, 0.2) is 53.4 Å². The van der Waals surface area contributed by atoms with Crippen molar-refractivity contribution in [2.45, 2.75) is 31.3 Å². The van der Waals surface area contributed by atoms with E-state index in [0.717, 1.165) is 34.0 Å². The molecule has 0 radical (unpaired) electrons. The Kier molecular flexibility index (Phi) is 7.73. The number of urea groups is 1. The fourth-order valence-electron chi connectivity index (χ4n) is 4.22. The molecule has 2 aromatic carbocycles. The number of rotatable bonds is 5. The highest BCUT2D eigenvalue weighted by Crippen LogP contribution is 2.33. The minimum Gasteiger partial charge on any atom is -0.353 e. The number of aryl methyl sites for hydroxylation is 1. The Hall–Kier alpha value is -3.27. The maximum atomic E-state index is 13.2. The predicted octanol–water partition coefficient (Wildman–Crippen LogP) is 6.11. The van der Waals surface area contributed by atoms with Gasteiger partial charge in [0, 0.05) is 53.6 Å². The molecule has 0 aliphatic carbocycles. The number of amides is 2. The summed E-state index contributed by atoms with van der Waals surface area (Å²) < 4.78 is 39.7. The topological polar surface area (TPSA) is 61.4 Å². The van der Waals surface area contributed by atoms with Crippen molar-refractivity contribution in [3.63, 3.8) is 0 Å². The number of alkyl halides is 3. The van der Waals surface area contributed by atoms with Gasteiger partial charge in [-0.05, 0) is 56.0 Å². The molecule has 1 aromatic heterocycles. The average Bonchev–Trinajstić information content (AvgIpc) is 2.88. The van der Waals surface area contributed by atoms with E-state index < -0.39 is 11.7 Å². The Morgan fingerprint density at radius 2 is 1.75 bits per heavy atom. The summed E-state index contributed by atoms with van der Waals surface area (Å²) in [5.74, 6) is 0.977. The van der Waals surface area contributed by atoms with Crippen molar-refractivity contribution >= 4 is 29.3 Å². The number of benzene rings is 2. The van der Waals surface area contributed by atoms with Gasteiger partial charge in [0.05, 0.1) is 5.56 Å². The Morgan fingerprint density at radius 1 is 1.06 bits per heavy atom. The first-order valence-corrected chi connectivity index (χ1v) is 12.9. The van der Waals surface area contributed by atoms with Crippen LogP contribution in [0.1, 0.15) is 23.7 Å². The monoisotopic (exact) mass is 515 g/mol. The van der Waals surface area contributed by atoms with Gasteiger partial charge in [-0.25, -0.2) is 14.8 Å². The molecular formula is C26H28F3N5OS. The molecule has 2 amide bonds. The summed E-state index contributed by atoms with van der Waals surface area (Å²) in [5, 5.41) is 2.94. The molecule has 1 aliphatic heterocycles. The molecule has 0 atom stereocenters. The quantitative estimate of drug-likeness (QED) is 0.416. The van der Waals surface area contributed by atoms with Crippen molar-refractivity contribution in [3.05, 3.63) is 65.4 Å². The molecular weight excluding hydrogens is 487 g/mol. The largest absolute Gasteiger partial charge is 0.416 e. The number of halogens is 3. The fraction of sp³-hybridized carbons (Fsp3) is 0.346. The van der Waals surface area contributed by atoms with Crippen LogP contribution in [0, 0.1) is 6.92 Å². The minimum atomic E-state index is -4.44. The zero-order valence-electron chi connectivity index (χ0n) is 20.4. The second-order valence-electron chi connectivity index (χ2n) is 8.50. The number of carbonyl (C=O) groups excluding carboxylic acids is 1. The van der Waals surface area contributed by atoms with Gasteiger partial charge < -0.3 is 15.1 Å². The van der Waals surface area contributed by atoms with Gasteiger partial charge >= 0.3 is 12.2 Å². The van der Waals surface area contributed by atoms with Crippen LogP contribution in [0.3, 0.4) is 0 Å². The lowest BCUT2D eigenvalue weighted by atomic mass is 10.1. The average molecular weight is 516 g/mol. The van der Waals surface area contributed by atoms with E-state index in [9.17, 15) is 18.0 Å². The van der Waals surface area contributed by atoms with Gasteiger partial charge in [0.15, 0.2) is 5.82 Å². The third-order valence-corrected chi connectivity index (χ3v) is 6.94. The number of thioether (sulfide) groups is 1. The Morgan fingerprint density at radius 3 is 2.36 bits per heavy atom. The lowest BCUT2D eigenvalue weighted by Crippen LogP contribution is -2.50. The van der Waals surface area contributed by atoms with E-state index >= 15 is 0 Å². The van der Waals surface area contributed by atoms with Crippen LogP contribution < -0.4 is 10.2 Å². The van der Waals surface area contributed by atoms with E-state index in [4.69, 9.17) is 4.98 Å². The van der Waals surface area contributed by atoms with Gasteiger partial charge in [0.25, 0.3) is 0 Å². The van der Waals surface area contributed by atoms with E-state index in [0.29, 0.717) is 44.0 Å². The van der Waals surface area contributed by atoms with Gasteiger partial charge in [-0.15, -0.1) is 11.8 Å². The third kappa shape index (κ3) is 5.75. The maximum absolute atomic E-state index is 13.2. The molecule has 0 unspecified atom stereocenters. The lowest BCUT2D eigenvalue weighted by Gasteiger charge is -2.36.